The second-order valence-electron chi connectivity index (χ2n) is 6.77. The van der Waals surface area contributed by atoms with Gasteiger partial charge >= 0.3 is 0 Å². The Morgan fingerprint density at radius 1 is 0.444 bits per heavy atom. The van der Waals surface area contributed by atoms with E-state index in [0.717, 1.165) is 11.4 Å². The van der Waals surface area contributed by atoms with Gasteiger partial charge < -0.3 is 4.98 Å². The van der Waals surface area contributed by atoms with Gasteiger partial charge in [-0.3, -0.25) is 0 Å². The molecule has 0 saturated carbocycles. The van der Waals surface area contributed by atoms with Crippen LogP contribution >= 0.6 is 0 Å². The molecule has 5 aromatic rings. The number of aromatic nitrogens is 1. The lowest BCUT2D eigenvalue weighted by Crippen LogP contribution is -1.83. The lowest BCUT2D eigenvalue weighted by Gasteiger charge is -2.06. The summed E-state index contributed by atoms with van der Waals surface area (Å²) >= 11 is 0. The smallest absolute Gasteiger partial charge is 0.0538 e. The third-order valence-corrected chi connectivity index (χ3v) is 5.03. The van der Waals surface area contributed by atoms with Gasteiger partial charge in [0.15, 0.2) is 0 Å². The minimum Gasteiger partial charge on any atom is -0.354 e. The van der Waals surface area contributed by atoms with Crippen molar-refractivity contribution in [2.45, 2.75) is 0 Å². The highest BCUT2D eigenvalue weighted by Crippen LogP contribution is 2.36. The third kappa shape index (κ3) is 2.94. The summed E-state index contributed by atoms with van der Waals surface area (Å²) in [5, 5.41) is 2.52. The second-order valence-corrected chi connectivity index (χ2v) is 6.77. The van der Waals surface area contributed by atoms with Crippen LogP contribution in [0.2, 0.25) is 0 Å². The lowest BCUT2D eigenvalue weighted by atomic mass is 9.99. The molecule has 0 bridgehead atoms. The SMILES string of the molecule is c1ccc(-c2cc(-c3ccccc3)c(-c3ccc4ccccc4c3)[nH]2)cc1. The minimum absolute atomic E-state index is 1.14. The van der Waals surface area contributed by atoms with Crippen molar-refractivity contribution in [3.8, 4) is 33.6 Å². The first-order chi connectivity index (χ1) is 13.4. The van der Waals surface area contributed by atoms with Crippen LogP contribution < -0.4 is 0 Å². The molecule has 0 aliphatic rings. The van der Waals surface area contributed by atoms with Gasteiger partial charge in [-0.25, -0.2) is 0 Å². The van der Waals surface area contributed by atoms with Crippen LogP contribution in [0, 0.1) is 0 Å². The second kappa shape index (κ2) is 6.62. The van der Waals surface area contributed by atoms with Crippen molar-refractivity contribution >= 4 is 10.8 Å². The highest BCUT2D eigenvalue weighted by atomic mass is 14.7. The molecular formula is C26H19N. The molecule has 0 radical (unpaired) electrons. The zero-order valence-corrected chi connectivity index (χ0v) is 14.9. The largest absolute Gasteiger partial charge is 0.354 e. The van der Waals surface area contributed by atoms with Crippen LogP contribution in [0.4, 0.5) is 0 Å². The van der Waals surface area contributed by atoms with Crippen molar-refractivity contribution < 1.29 is 0 Å². The molecule has 27 heavy (non-hydrogen) atoms. The quantitative estimate of drug-likeness (QED) is 0.357. The molecule has 0 fully saturated rings. The van der Waals surface area contributed by atoms with Crippen LogP contribution in [0.1, 0.15) is 0 Å². The van der Waals surface area contributed by atoms with Crippen LogP contribution in [-0.4, -0.2) is 4.98 Å². The first-order valence-corrected chi connectivity index (χ1v) is 9.21. The van der Waals surface area contributed by atoms with Crippen LogP contribution in [0.25, 0.3) is 44.4 Å². The van der Waals surface area contributed by atoms with Crippen LogP contribution in [0.5, 0.6) is 0 Å². The molecule has 0 spiro atoms. The standard InChI is InChI=1S/C26H19N/c1-3-10-20(11-4-1)24-18-25(21-12-5-2-6-13-21)27-26(24)23-16-15-19-9-7-8-14-22(19)17-23/h1-18,27H. The van der Waals surface area contributed by atoms with Crippen molar-refractivity contribution in [1.29, 1.82) is 0 Å². The van der Waals surface area contributed by atoms with E-state index in [-0.39, 0.29) is 0 Å². The van der Waals surface area contributed by atoms with Gasteiger partial charge in [0.2, 0.25) is 0 Å². The Bertz CT molecular complexity index is 1200. The fourth-order valence-electron chi connectivity index (χ4n) is 3.65. The molecule has 1 N–H and O–H groups in total. The van der Waals surface area contributed by atoms with E-state index in [9.17, 15) is 0 Å². The van der Waals surface area contributed by atoms with Gasteiger partial charge in [0.1, 0.15) is 0 Å². The Labute approximate surface area is 158 Å². The average molecular weight is 345 g/mol. The van der Waals surface area contributed by atoms with E-state index in [0.29, 0.717) is 0 Å². The molecule has 0 aliphatic heterocycles. The molecule has 1 aromatic heterocycles. The Hall–Kier alpha value is -3.58. The maximum Gasteiger partial charge on any atom is 0.0538 e. The fraction of sp³-hybridized carbons (Fsp3) is 0. The molecule has 1 nitrogen and oxygen atoms in total. The van der Waals surface area contributed by atoms with Crippen molar-refractivity contribution in [2.75, 3.05) is 0 Å². The monoisotopic (exact) mass is 345 g/mol. The third-order valence-electron chi connectivity index (χ3n) is 5.03. The summed E-state index contributed by atoms with van der Waals surface area (Å²) in [6.07, 6.45) is 0. The summed E-state index contributed by atoms with van der Waals surface area (Å²) in [6.45, 7) is 0. The minimum atomic E-state index is 1.14. The van der Waals surface area contributed by atoms with Gasteiger partial charge in [-0.2, -0.15) is 0 Å². The highest BCUT2D eigenvalue weighted by molar-refractivity contribution is 5.91. The summed E-state index contributed by atoms with van der Waals surface area (Å²) in [5.41, 5.74) is 7.14. The van der Waals surface area contributed by atoms with Crippen molar-refractivity contribution in [3.63, 3.8) is 0 Å². The van der Waals surface area contributed by atoms with Crippen molar-refractivity contribution in [2.24, 2.45) is 0 Å². The Morgan fingerprint density at radius 2 is 1.07 bits per heavy atom. The van der Waals surface area contributed by atoms with Crippen LogP contribution in [0.15, 0.2) is 109 Å². The van der Waals surface area contributed by atoms with Gasteiger partial charge in [-0.1, -0.05) is 97.1 Å². The summed E-state index contributed by atoms with van der Waals surface area (Å²) in [7, 11) is 0. The molecule has 0 amide bonds. The maximum atomic E-state index is 3.68. The van der Waals surface area contributed by atoms with Crippen molar-refractivity contribution in [3.05, 3.63) is 109 Å². The number of nitrogens with one attached hydrogen (secondary N) is 1. The molecule has 4 aromatic carbocycles. The molecular weight excluding hydrogens is 326 g/mol. The maximum absolute atomic E-state index is 3.68. The molecule has 0 unspecified atom stereocenters. The van der Waals surface area contributed by atoms with Gasteiger partial charge in [-0.15, -0.1) is 0 Å². The van der Waals surface area contributed by atoms with Gasteiger partial charge in [-0.05, 0) is 39.6 Å². The summed E-state index contributed by atoms with van der Waals surface area (Å²) in [4.78, 5) is 3.68. The Kier molecular flexibility index (Phi) is 3.84. The van der Waals surface area contributed by atoms with E-state index < -0.39 is 0 Å². The zero-order valence-electron chi connectivity index (χ0n) is 14.9. The van der Waals surface area contributed by atoms with Crippen molar-refractivity contribution in [1.82, 2.24) is 4.98 Å². The summed E-state index contributed by atoms with van der Waals surface area (Å²) < 4.78 is 0. The lowest BCUT2D eigenvalue weighted by molar-refractivity contribution is 1.39. The molecule has 0 saturated heterocycles. The molecule has 0 atom stereocenters. The highest BCUT2D eigenvalue weighted by Gasteiger charge is 2.13. The first kappa shape index (κ1) is 15.7. The normalized spacial score (nSPS) is 11.0. The Balaban J connectivity index is 1.73. The number of fused-ring (bicyclic) bond motifs is 1. The molecule has 128 valence electrons. The molecule has 1 heterocycles. The Morgan fingerprint density at radius 3 is 1.81 bits per heavy atom. The van der Waals surface area contributed by atoms with E-state index in [1.807, 2.05) is 0 Å². The number of hydrogen-bond donors (Lipinski definition) is 1. The number of rotatable bonds is 3. The van der Waals surface area contributed by atoms with E-state index in [1.165, 1.54) is 33.0 Å². The summed E-state index contributed by atoms with van der Waals surface area (Å²) in [5.74, 6) is 0. The van der Waals surface area contributed by atoms with E-state index >= 15 is 0 Å². The predicted molar refractivity (Wildman–Crippen MR) is 115 cm³/mol. The molecule has 0 aliphatic carbocycles. The van der Waals surface area contributed by atoms with Gasteiger partial charge in [0.05, 0.1) is 5.69 Å². The summed E-state index contributed by atoms with van der Waals surface area (Å²) in [6, 6.07) is 38.5. The predicted octanol–water partition coefficient (Wildman–Crippen LogP) is 7.17. The van der Waals surface area contributed by atoms with E-state index in [2.05, 4.69) is 114 Å². The number of H-pyrrole nitrogens is 1. The van der Waals surface area contributed by atoms with Gasteiger partial charge in [0, 0.05) is 11.3 Å². The number of hydrogen-bond acceptors (Lipinski definition) is 0. The topological polar surface area (TPSA) is 15.8 Å². The van der Waals surface area contributed by atoms with E-state index in [1.54, 1.807) is 0 Å². The van der Waals surface area contributed by atoms with Crippen LogP contribution in [0.3, 0.4) is 0 Å². The van der Waals surface area contributed by atoms with E-state index in [4.69, 9.17) is 0 Å². The molecule has 5 rings (SSSR count). The fourth-order valence-corrected chi connectivity index (χ4v) is 3.65. The zero-order chi connectivity index (χ0) is 18.1. The molecule has 1 heteroatoms. The first-order valence-electron chi connectivity index (χ1n) is 9.21. The van der Waals surface area contributed by atoms with Gasteiger partial charge in [0.25, 0.3) is 0 Å². The average Bonchev–Trinajstić information content (AvgIpc) is 3.20. The number of benzene rings is 4. The van der Waals surface area contributed by atoms with Crippen LogP contribution in [-0.2, 0) is 0 Å². The number of aromatic amines is 1.